The first-order valence-corrected chi connectivity index (χ1v) is 8.51. The lowest BCUT2D eigenvalue weighted by Gasteiger charge is -2.33. The Morgan fingerprint density at radius 1 is 0.800 bits per heavy atom. The summed E-state index contributed by atoms with van der Waals surface area (Å²) in [5, 5.41) is 0. The number of anilines is 2. The molecule has 2 aliphatic heterocycles. The summed E-state index contributed by atoms with van der Waals surface area (Å²) in [6.45, 7) is 7.27. The zero-order chi connectivity index (χ0) is 13.8. The molecule has 2 heteroatoms. The fraction of sp³-hybridized carbons (Fsp3) is 0.667. The van der Waals surface area contributed by atoms with Gasteiger partial charge in [-0.3, -0.25) is 0 Å². The Labute approximate surface area is 123 Å². The van der Waals surface area contributed by atoms with E-state index in [9.17, 15) is 0 Å². The van der Waals surface area contributed by atoms with Crippen LogP contribution in [0.5, 0.6) is 0 Å². The van der Waals surface area contributed by atoms with Gasteiger partial charge in [-0.2, -0.15) is 0 Å². The minimum absolute atomic E-state index is 1.15. The van der Waals surface area contributed by atoms with Gasteiger partial charge in [0.2, 0.25) is 0 Å². The van der Waals surface area contributed by atoms with Gasteiger partial charge in [0.1, 0.15) is 0 Å². The number of rotatable bonds is 3. The highest BCUT2D eigenvalue weighted by molar-refractivity contribution is 5.62. The third-order valence-electron chi connectivity index (χ3n) is 4.86. The first kappa shape index (κ1) is 13.8. The molecule has 0 unspecified atom stereocenters. The van der Waals surface area contributed by atoms with Crippen LogP contribution in [0, 0.1) is 0 Å². The van der Waals surface area contributed by atoms with Crippen molar-refractivity contribution < 1.29 is 0 Å². The molecule has 0 amide bonds. The summed E-state index contributed by atoms with van der Waals surface area (Å²) in [6.07, 6.45) is 9.39. The number of nitrogens with zero attached hydrogens (tertiary/aromatic N) is 2. The van der Waals surface area contributed by atoms with E-state index in [1.165, 1.54) is 81.6 Å². The Kier molecular flexibility index (Phi) is 4.49. The van der Waals surface area contributed by atoms with Crippen molar-refractivity contribution in [2.75, 3.05) is 36.0 Å². The SMILES string of the molecule is CCc1cc(N2CCCCC2)ccc1N1CCCCC1. The maximum Gasteiger partial charge on any atom is 0.0400 e. The summed E-state index contributed by atoms with van der Waals surface area (Å²) in [5.74, 6) is 0. The van der Waals surface area contributed by atoms with Gasteiger partial charge in [-0.05, 0) is 68.7 Å². The molecule has 0 radical (unpaired) electrons. The second-order valence-electron chi connectivity index (χ2n) is 6.26. The monoisotopic (exact) mass is 272 g/mol. The molecule has 0 atom stereocenters. The maximum atomic E-state index is 2.60. The Morgan fingerprint density at radius 2 is 1.40 bits per heavy atom. The molecular weight excluding hydrogens is 244 g/mol. The van der Waals surface area contributed by atoms with Crippen LogP contribution in [-0.2, 0) is 6.42 Å². The Bertz CT molecular complexity index is 429. The highest BCUT2D eigenvalue weighted by atomic mass is 15.1. The number of benzene rings is 1. The van der Waals surface area contributed by atoms with E-state index in [-0.39, 0.29) is 0 Å². The van der Waals surface area contributed by atoms with Crippen molar-refractivity contribution in [3.8, 4) is 0 Å². The van der Waals surface area contributed by atoms with Crippen LogP contribution >= 0.6 is 0 Å². The molecule has 2 aliphatic rings. The van der Waals surface area contributed by atoms with Crippen LogP contribution in [0.25, 0.3) is 0 Å². The second-order valence-corrected chi connectivity index (χ2v) is 6.26. The van der Waals surface area contributed by atoms with Crippen LogP contribution in [0.15, 0.2) is 18.2 Å². The average molecular weight is 272 g/mol. The summed E-state index contributed by atoms with van der Waals surface area (Å²) in [5.41, 5.74) is 4.48. The highest BCUT2D eigenvalue weighted by Gasteiger charge is 2.16. The predicted octanol–water partition coefficient (Wildman–Crippen LogP) is 4.23. The Hall–Kier alpha value is -1.18. The van der Waals surface area contributed by atoms with Gasteiger partial charge in [0.15, 0.2) is 0 Å². The van der Waals surface area contributed by atoms with Crippen molar-refractivity contribution in [2.45, 2.75) is 51.9 Å². The highest BCUT2D eigenvalue weighted by Crippen LogP contribution is 2.30. The molecule has 0 spiro atoms. The smallest absolute Gasteiger partial charge is 0.0400 e. The molecule has 0 bridgehead atoms. The molecule has 0 aromatic heterocycles. The molecule has 2 saturated heterocycles. The standard InChI is InChI=1S/C18H28N2/c1-2-16-15-17(19-11-5-3-6-12-19)9-10-18(16)20-13-7-4-8-14-20/h9-10,15H,2-8,11-14H2,1H3. The quantitative estimate of drug-likeness (QED) is 0.812. The predicted molar refractivity (Wildman–Crippen MR) is 87.9 cm³/mol. The summed E-state index contributed by atoms with van der Waals surface area (Å²) in [4.78, 5) is 5.17. The van der Waals surface area contributed by atoms with E-state index in [2.05, 4.69) is 34.9 Å². The van der Waals surface area contributed by atoms with Gasteiger partial charge in [-0.25, -0.2) is 0 Å². The van der Waals surface area contributed by atoms with E-state index in [1.54, 1.807) is 0 Å². The van der Waals surface area contributed by atoms with Crippen LogP contribution in [0.1, 0.15) is 51.0 Å². The van der Waals surface area contributed by atoms with E-state index in [1.807, 2.05) is 0 Å². The van der Waals surface area contributed by atoms with E-state index in [4.69, 9.17) is 0 Å². The molecular formula is C18H28N2. The topological polar surface area (TPSA) is 6.48 Å². The summed E-state index contributed by atoms with van der Waals surface area (Å²) >= 11 is 0. The van der Waals surface area contributed by atoms with Crippen molar-refractivity contribution in [2.24, 2.45) is 0 Å². The van der Waals surface area contributed by atoms with Crippen molar-refractivity contribution in [1.29, 1.82) is 0 Å². The lowest BCUT2D eigenvalue weighted by molar-refractivity contribution is 0.574. The van der Waals surface area contributed by atoms with Crippen molar-refractivity contribution in [1.82, 2.24) is 0 Å². The molecule has 110 valence electrons. The lowest BCUT2D eigenvalue weighted by atomic mass is 10.0. The number of hydrogen-bond acceptors (Lipinski definition) is 2. The zero-order valence-corrected chi connectivity index (χ0v) is 12.9. The van der Waals surface area contributed by atoms with Crippen LogP contribution in [0.2, 0.25) is 0 Å². The second kappa shape index (κ2) is 6.51. The minimum Gasteiger partial charge on any atom is -0.372 e. The van der Waals surface area contributed by atoms with E-state index in [0.29, 0.717) is 0 Å². The molecule has 0 aliphatic carbocycles. The molecule has 1 aromatic carbocycles. The Morgan fingerprint density at radius 3 is 2.00 bits per heavy atom. The van der Waals surface area contributed by atoms with Gasteiger partial charge >= 0.3 is 0 Å². The van der Waals surface area contributed by atoms with Gasteiger partial charge in [-0.1, -0.05) is 6.92 Å². The summed E-state index contributed by atoms with van der Waals surface area (Å²) < 4.78 is 0. The zero-order valence-electron chi connectivity index (χ0n) is 12.9. The first-order valence-electron chi connectivity index (χ1n) is 8.51. The molecule has 2 fully saturated rings. The number of aryl methyl sites for hydroxylation is 1. The number of piperidine rings is 2. The molecule has 2 nitrogen and oxygen atoms in total. The van der Waals surface area contributed by atoms with Crippen molar-refractivity contribution in [3.05, 3.63) is 23.8 Å². The van der Waals surface area contributed by atoms with Crippen LogP contribution in [0.3, 0.4) is 0 Å². The van der Waals surface area contributed by atoms with Crippen LogP contribution in [-0.4, -0.2) is 26.2 Å². The maximum absolute atomic E-state index is 2.60. The minimum atomic E-state index is 1.15. The third-order valence-corrected chi connectivity index (χ3v) is 4.86. The lowest BCUT2D eigenvalue weighted by Crippen LogP contribution is -2.31. The van der Waals surface area contributed by atoms with E-state index < -0.39 is 0 Å². The molecule has 0 N–H and O–H groups in total. The number of hydrogen-bond donors (Lipinski definition) is 0. The summed E-state index contributed by atoms with van der Waals surface area (Å²) in [7, 11) is 0. The average Bonchev–Trinajstić information content (AvgIpc) is 2.56. The van der Waals surface area contributed by atoms with Gasteiger partial charge in [0, 0.05) is 37.6 Å². The molecule has 2 heterocycles. The first-order chi connectivity index (χ1) is 9.88. The van der Waals surface area contributed by atoms with Gasteiger partial charge in [-0.15, -0.1) is 0 Å². The van der Waals surface area contributed by atoms with Crippen molar-refractivity contribution in [3.63, 3.8) is 0 Å². The van der Waals surface area contributed by atoms with Gasteiger partial charge in [0.25, 0.3) is 0 Å². The summed E-state index contributed by atoms with van der Waals surface area (Å²) in [6, 6.07) is 7.19. The van der Waals surface area contributed by atoms with Crippen LogP contribution in [0.4, 0.5) is 11.4 Å². The van der Waals surface area contributed by atoms with Gasteiger partial charge < -0.3 is 9.80 Å². The third kappa shape index (κ3) is 2.94. The van der Waals surface area contributed by atoms with E-state index in [0.717, 1.165) is 6.42 Å². The fourth-order valence-electron chi connectivity index (χ4n) is 3.65. The Balaban J connectivity index is 1.81. The van der Waals surface area contributed by atoms with Crippen molar-refractivity contribution >= 4 is 11.4 Å². The normalized spacial score (nSPS) is 20.2. The van der Waals surface area contributed by atoms with E-state index >= 15 is 0 Å². The largest absolute Gasteiger partial charge is 0.372 e. The molecule has 1 aromatic rings. The fourth-order valence-corrected chi connectivity index (χ4v) is 3.65. The molecule has 0 saturated carbocycles. The molecule has 20 heavy (non-hydrogen) atoms. The molecule has 3 rings (SSSR count). The van der Waals surface area contributed by atoms with Gasteiger partial charge in [0.05, 0.1) is 0 Å². The van der Waals surface area contributed by atoms with Crippen LogP contribution < -0.4 is 9.80 Å².